The molecule has 1 unspecified atom stereocenters. The van der Waals surface area contributed by atoms with E-state index in [1.807, 2.05) is 36.4 Å². The minimum atomic E-state index is -0.754. The molecule has 0 spiro atoms. The molecule has 0 radical (unpaired) electrons. The molecule has 4 N–H and O–H groups in total. The van der Waals surface area contributed by atoms with Gasteiger partial charge < -0.3 is 20.9 Å². The molecule has 4 amide bonds. The zero-order valence-electron chi connectivity index (χ0n) is 21.9. The lowest BCUT2D eigenvalue weighted by atomic mass is 9.99. The average molecular weight is 560 g/mol. The summed E-state index contributed by atoms with van der Waals surface area (Å²) >= 11 is 1.40. The zero-order chi connectivity index (χ0) is 28.0. The fraction of sp³-hybridized carbons (Fsp3) is 0.296. The van der Waals surface area contributed by atoms with Crippen LogP contribution in [0.25, 0.3) is 21.1 Å². The van der Waals surface area contributed by atoms with E-state index in [0.29, 0.717) is 18.1 Å². The second-order valence-corrected chi connectivity index (χ2v) is 10.9. The van der Waals surface area contributed by atoms with E-state index >= 15 is 0 Å². The van der Waals surface area contributed by atoms with Crippen LogP contribution >= 0.6 is 11.3 Å². The number of rotatable bonds is 7. The van der Waals surface area contributed by atoms with E-state index in [0.717, 1.165) is 32.2 Å². The van der Waals surface area contributed by atoms with E-state index in [1.165, 1.54) is 16.3 Å². The van der Waals surface area contributed by atoms with Gasteiger partial charge in [-0.1, -0.05) is 35.6 Å². The quantitative estimate of drug-likeness (QED) is 0.294. The highest BCUT2D eigenvalue weighted by Crippen LogP contribution is 2.32. The SMILES string of the molecule is C=CCN(C(=O)NC)N1CC(=O)N2C(Cc3ccc4[nH]ncc4c3)C(=O)N(Cc3cccc4sc(N)nc34)C[C@@H]21. The number of carbonyl (C=O) groups excluding carboxylic acids is 3. The zero-order valence-corrected chi connectivity index (χ0v) is 22.7. The summed E-state index contributed by atoms with van der Waals surface area (Å²) in [6.45, 7) is 4.49. The predicted molar refractivity (Wildman–Crippen MR) is 152 cm³/mol. The van der Waals surface area contributed by atoms with Gasteiger partial charge >= 0.3 is 6.03 Å². The highest BCUT2D eigenvalue weighted by Gasteiger charge is 2.52. The number of benzene rings is 2. The van der Waals surface area contributed by atoms with Crippen molar-refractivity contribution in [2.75, 3.05) is 32.4 Å². The molecule has 2 aliphatic heterocycles. The summed E-state index contributed by atoms with van der Waals surface area (Å²) in [7, 11) is 1.54. The first kappa shape index (κ1) is 25.8. The molecule has 13 heteroatoms. The number of nitrogens with two attached hydrogens (primary N) is 1. The number of hydrogen-bond acceptors (Lipinski definition) is 8. The number of thiazole rings is 1. The Kier molecular flexibility index (Phi) is 6.60. The number of H-pyrrole nitrogens is 1. The number of hydrazine groups is 1. The molecule has 2 aliphatic rings. The molecule has 0 bridgehead atoms. The van der Waals surface area contributed by atoms with Gasteiger partial charge in [0.25, 0.3) is 0 Å². The molecule has 206 valence electrons. The summed E-state index contributed by atoms with van der Waals surface area (Å²) in [6, 6.07) is 10.5. The summed E-state index contributed by atoms with van der Waals surface area (Å²) in [6.07, 6.45) is 3.13. The van der Waals surface area contributed by atoms with Crippen LogP contribution in [-0.2, 0) is 22.6 Å². The number of nitrogen functional groups attached to an aromatic ring is 1. The van der Waals surface area contributed by atoms with Gasteiger partial charge in [-0.25, -0.2) is 9.78 Å². The molecule has 2 aromatic heterocycles. The van der Waals surface area contributed by atoms with Crippen LogP contribution in [0.1, 0.15) is 11.1 Å². The van der Waals surface area contributed by atoms with E-state index in [9.17, 15) is 14.4 Å². The molecule has 6 rings (SSSR count). The third-order valence-corrected chi connectivity index (χ3v) is 8.29. The Morgan fingerprint density at radius 2 is 2.17 bits per heavy atom. The maximum absolute atomic E-state index is 14.1. The van der Waals surface area contributed by atoms with Gasteiger partial charge in [-0.15, -0.1) is 6.58 Å². The Labute approximate surface area is 234 Å². The number of nitrogens with one attached hydrogen (secondary N) is 2. The molecule has 2 aromatic carbocycles. The van der Waals surface area contributed by atoms with E-state index in [1.54, 1.807) is 34.1 Å². The maximum atomic E-state index is 14.1. The Morgan fingerprint density at radius 1 is 1.32 bits per heavy atom. The largest absolute Gasteiger partial charge is 0.375 e. The van der Waals surface area contributed by atoms with Crippen LogP contribution in [0, 0.1) is 0 Å². The maximum Gasteiger partial charge on any atom is 0.332 e. The molecule has 40 heavy (non-hydrogen) atoms. The van der Waals surface area contributed by atoms with Gasteiger partial charge in [0.1, 0.15) is 12.2 Å². The monoisotopic (exact) mass is 559 g/mol. The molecule has 12 nitrogen and oxygen atoms in total. The number of anilines is 1. The number of piperazine rings is 1. The van der Waals surface area contributed by atoms with Crippen LogP contribution < -0.4 is 11.1 Å². The molecular weight excluding hydrogens is 530 g/mol. The number of nitrogens with zero attached hydrogens (tertiary/aromatic N) is 6. The molecule has 2 saturated heterocycles. The van der Waals surface area contributed by atoms with Crippen LogP contribution in [0.4, 0.5) is 9.93 Å². The summed E-state index contributed by atoms with van der Waals surface area (Å²) in [5.74, 6) is -0.367. The van der Waals surface area contributed by atoms with Crippen molar-refractivity contribution in [2.24, 2.45) is 0 Å². The Morgan fingerprint density at radius 3 is 2.98 bits per heavy atom. The minimum Gasteiger partial charge on any atom is -0.375 e. The van der Waals surface area contributed by atoms with Crippen LogP contribution in [0.3, 0.4) is 0 Å². The smallest absolute Gasteiger partial charge is 0.332 e. The molecule has 4 heterocycles. The molecule has 2 fully saturated rings. The summed E-state index contributed by atoms with van der Waals surface area (Å²) < 4.78 is 0.945. The van der Waals surface area contributed by atoms with Gasteiger partial charge in [0, 0.05) is 25.4 Å². The second-order valence-electron chi connectivity index (χ2n) is 9.85. The van der Waals surface area contributed by atoms with Crippen molar-refractivity contribution in [3.05, 3.63) is 66.4 Å². The Bertz CT molecular complexity index is 1630. The number of amides is 4. The number of aromatic amines is 1. The molecule has 0 aliphatic carbocycles. The first-order chi connectivity index (χ1) is 19.4. The van der Waals surface area contributed by atoms with Crippen molar-refractivity contribution in [3.63, 3.8) is 0 Å². The van der Waals surface area contributed by atoms with Crippen molar-refractivity contribution in [1.29, 1.82) is 0 Å². The van der Waals surface area contributed by atoms with E-state index < -0.39 is 12.2 Å². The summed E-state index contributed by atoms with van der Waals surface area (Å²) in [5, 5.41) is 14.3. The molecule has 4 aromatic rings. The molecular formula is C27H29N9O3S. The van der Waals surface area contributed by atoms with Crippen LogP contribution in [0.5, 0.6) is 0 Å². The van der Waals surface area contributed by atoms with Crippen LogP contribution in [-0.4, -0.2) is 91.7 Å². The van der Waals surface area contributed by atoms with E-state index in [-0.39, 0.29) is 37.5 Å². The van der Waals surface area contributed by atoms with Gasteiger partial charge in [0.15, 0.2) is 5.13 Å². The number of carbonyl (C=O) groups is 3. The average Bonchev–Trinajstić information content (AvgIpc) is 3.65. The lowest BCUT2D eigenvalue weighted by Gasteiger charge is -2.46. The highest BCUT2D eigenvalue weighted by molar-refractivity contribution is 7.22. The van der Waals surface area contributed by atoms with Gasteiger partial charge in [-0.3, -0.25) is 19.7 Å². The molecule has 2 atom stereocenters. The van der Waals surface area contributed by atoms with Gasteiger partial charge in [-0.2, -0.15) is 10.1 Å². The number of urea groups is 1. The van der Waals surface area contributed by atoms with Crippen LogP contribution in [0.15, 0.2) is 55.3 Å². The number of fused-ring (bicyclic) bond motifs is 3. The summed E-state index contributed by atoms with van der Waals surface area (Å²) in [5.41, 5.74) is 9.42. The third kappa shape index (κ3) is 4.42. The van der Waals surface area contributed by atoms with Gasteiger partial charge in [0.2, 0.25) is 11.8 Å². The predicted octanol–water partition coefficient (Wildman–Crippen LogP) is 1.92. The van der Waals surface area contributed by atoms with Crippen molar-refractivity contribution < 1.29 is 14.4 Å². The first-order valence-corrected chi connectivity index (χ1v) is 13.7. The van der Waals surface area contributed by atoms with Crippen molar-refractivity contribution in [2.45, 2.75) is 25.2 Å². The summed E-state index contributed by atoms with van der Waals surface area (Å²) in [4.78, 5) is 48.3. The van der Waals surface area contributed by atoms with Crippen molar-refractivity contribution in [3.8, 4) is 0 Å². The molecule has 0 saturated carbocycles. The standard InChI is InChI=1S/C27H29N9O3S/c1-3-9-34(27(39)29-2)35-15-23(37)36-20(11-16-7-8-19-18(10-16)12-30-32-19)25(38)33(14-22(35)36)13-17-5-4-6-21-24(17)31-26(28)40-21/h3-8,10,12,20,22H,1,9,11,13-15H2,2H3,(H2,28,31)(H,29,39)(H,30,32)/t20?,22-/m1/s1. The number of aromatic nitrogens is 3. The van der Waals surface area contributed by atoms with Gasteiger partial charge in [-0.05, 0) is 29.3 Å². The van der Waals surface area contributed by atoms with Crippen LogP contribution in [0.2, 0.25) is 0 Å². The third-order valence-electron chi connectivity index (χ3n) is 7.44. The lowest BCUT2D eigenvalue weighted by Crippen LogP contribution is -2.65. The van der Waals surface area contributed by atoms with Crippen molar-refractivity contribution >= 4 is 55.4 Å². The van der Waals surface area contributed by atoms with E-state index in [2.05, 4.69) is 27.1 Å². The normalized spacial score (nSPS) is 19.4. The first-order valence-electron chi connectivity index (χ1n) is 12.9. The Balaban J connectivity index is 1.38. The fourth-order valence-electron chi connectivity index (χ4n) is 5.64. The Hall–Kier alpha value is -4.49. The van der Waals surface area contributed by atoms with E-state index in [4.69, 9.17) is 5.73 Å². The lowest BCUT2D eigenvalue weighted by molar-refractivity contribution is -0.157. The van der Waals surface area contributed by atoms with Crippen molar-refractivity contribution in [1.82, 2.24) is 40.3 Å². The minimum absolute atomic E-state index is 0.0253. The fourth-order valence-corrected chi connectivity index (χ4v) is 6.43. The number of hydrogen-bond donors (Lipinski definition) is 3. The number of para-hydroxylation sites is 1. The topological polar surface area (TPSA) is 144 Å². The second kappa shape index (κ2) is 10.2. The van der Waals surface area contributed by atoms with Gasteiger partial charge in [0.05, 0.1) is 41.6 Å². The highest BCUT2D eigenvalue weighted by atomic mass is 32.1.